The van der Waals surface area contributed by atoms with E-state index < -0.39 is 168 Å². The molecule has 0 bridgehead atoms. The molecular weight excluding hydrogens is 1560 g/mol. The lowest BCUT2D eigenvalue weighted by molar-refractivity contribution is -0.137. The van der Waals surface area contributed by atoms with Gasteiger partial charge in [-0.3, -0.25) is 77.9 Å². The van der Waals surface area contributed by atoms with Gasteiger partial charge in [0.15, 0.2) is 11.9 Å². The molecule has 2 aromatic heterocycles. The van der Waals surface area contributed by atoms with Crippen LogP contribution in [0.25, 0.3) is 21.8 Å². The van der Waals surface area contributed by atoms with Crippen molar-refractivity contribution < 1.29 is 77.3 Å². The number of carboxylic acid groups (broad SMARTS) is 1. The fourth-order valence-electron chi connectivity index (χ4n) is 12.8. The number of aliphatic hydroxyl groups is 1. The third kappa shape index (κ3) is 36.3. The molecule has 120 heavy (non-hydrogen) atoms. The molecule has 13 amide bonds. The molecule has 0 spiro atoms. The Hall–Kier alpha value is -12.3. The first-order chi connectivity index (χ1) is 57.1. The van der Waals surface area contributed by atoms with Crippen molar-refractivity contribution in [1.29, 1.82) is 10.8 Å². The van der Waals surface area contributed by atoms with Gasteiger partial charge in [-0.15, -0.1) is 0 Å². The molecule has 41 heteroatoms. The third-order valence-electron chi connectivity index (χ3n) is 19.0. The van der Waals surface area contributed by atoms with Gasteiger partial charge in [0.1, 0.15) is 66.5 Å². The van der Waals surface area contributed by atoms with E-state index >= 15 is 9.59 Å². The molecule has 0 aliphatic carbocycles. The van der Waals surface area contributed by atoms with Gasteiger partial charge in [0, 0.05) is 67.1 Å². The number of fused-ring (bicyclic) bond motifs is 2. The van der Waals surface area contributed by atoms with Crippen LogP contribution in [-0.4, -0.2) is 227 Å². The van der Waals surface area contributed by atoms with Crippen LogP contribution in [0.1, 0.15) is 141 Å². The lowest BCUT2D eigenvalue weighted by Gasteiger charge is -2.28. The van der Waals surface area contributed by atoms with Crippen molar-refractivity contribution in [2.45, 2.75) is 216 Å². The maximum atomic E-state index is 15.1. The van der Waals surface area contributed by atoms with E-state index in [0.717, 1.165) is 12.5 Å². The SMILES string of the molecule is CC(=O)O.CC(C)CC(NC(=O)C(C)NC(=O)C(Cc1c[nH]c2ccccc12)NC(=O)C(CCCCN)NC(=O)C(CC(N)=O)NC(=O)C(Cc1c[nH]c2ccccc12)NC(=O)C(CCCCN)NC(=O)C(CCCCN)NC(=O)C(CCCNC(=N)N)NC(=O)C(N)Cc1ccccc1)C(=O)NC(CO)C(=O)NC(CCCNC(=N)N)C(N)=O. The number of aromatic amines is 2. The monoisotopic (exact) mass is 1680 g/mol. The number of carbonyl (C=O) groups is 14. The molecule has 3 aromatic carbocycles. The second-order valence-corrected chi connectivity index (χ2v) is 29.5. The van der Waals surface area contributed by atoms with Crippen molar-refractivity contribution >= 4 is 116 Å². The molecular formula is C79H123N25O16. The topological polar surface area (TPSA) is 723 Å². The van der Waals surface area contributed by atoms with Crippen LogP contribution in [0.15, 0.2) is 91.3 Å². The Morgan fingerprint density at radius 3 is 1.14 bits per heavy atom. The highest BCUT2D eigenvalue weighted by molar-refractivity contribution is 6.01. The largest absolute Gasteiger partial charge is 0.481 e. The van der Waals surface area contributed by atoms with E-state index in [4.69, 9.17) is 66.6 Å². The molecule has 0 aliphatic rings. The van der Waals surface area contributed by atoms with Gasteiger partial charge in [-0.25, -0.2) is 0 Å². The number of para-hydroxylation sites is 2. The Balaban J connectivity index is 0.00000739. The average molecular weight is 1680 g/mol. The van der Waals surface area contributed by atoms with E-state index in [9.17, 15) is 57.8 Å². The van der Waals surface area contributed by atoms with Crippen molar-refractivity contribution in [2.24, 2.45) is 51.8 Å². The van der Waals surface area contributed by atoms with E-state index in [1.165, 1.54) is 6.92 Å². The Morgan fingerprint density at radius 2 is 0.733 bits per heavy atom. The summed E-state index contributed by atoms with van der Waals surface area (Å²) in [5, 5.41) is 68.1. The first kappa shape index (κ1) is 100. The van der Waals surface area contributed by atoms with Gasteiger partial charge in [0.2, 0.25) is 76.8 Å². The minimum Gasteiger partial charge on any atom is -0.481 e. The van der Waals surface area contributed by atoms with E-state index in [-0.39, 0.29) is 134 Å². The summed E-state index contributed by atoms with van der Waals surface area (Å²) in [6.07, 6.45) is 4.23. The third-order valence-corrected chi connectivity index (χ3v) is 19.0. The Labute approximate surface area is 695 Å². The molecule has 0 fully saturated rings. The van der Waals surface area contributed by atoms with E-state index in [0.29, 0.717) is 58.6 Å². The summed E-state index contributed by atoms with van der Waals surface area (Å²) in [6, 6.07) is 5.81. The lowest BCUT2D eigenvalue weighted by Crippen LogP contribution is -2.61. The predicted octanol–water partition coefficient (Wildman–Crippen LogP) is -4.24. The molecule has 12 unspecified atom stereocenters. The van der Waals surface area contributed by atoms with Crippen molar-refractivity contribution in [3.8, 4) is 0 Å². The number of rotatable bonds is 54. The zero-order valence-corrected chi connectivity index (χ0v) is 68.4. The van der Waals surface area contributed by atoms with Crippen LogP contribution in [0.5, 0.6) is 0 Å². The van der Waals surface area contributed by atoms with Crippen LogP contribution in [0, 0.1) is 16.7 Å². The second kappa shape index (κ2) is 53.2. The minimum absolute atomic E-state index is 0.00826. The lowest BCUT2D eigenvalue weighted by atomic mass is 10.0. The number of aliphatic carboxylic acids is 1. The van der Waals surface area contributed by atoms with Crippen LogP contribution < -0.4 is 115 Å². The number of hydrogen-bond acceptors (Lipinski definition) is 21. The molecule has 35 N–H and O–H groups in total. The van der Waals surface area contributed by atoms with Gasteiger partial charge < -0.3 is 135 Å². The number of amides is 13. The molecule has 0 saturated carbocycles. The van der Waals surface area contributed by atoms with Crippen molar-refractivity contribution in [1.82, 2.24) is 79.1 Å². The normalized spacial score (nSPS) is 14.1. The highest BCUT2D eigenvalue weighted by Gasteiger charge is 2.38. The smallest absolute Gasteiger partial charge is 0.300 e. The first-order valence-corrected chi connectivity index (χ1v) is 40.0. The average Bonchev–Trinajstić information content (AvgIpc) is 1.70. The van der Waals surface area contributed by atoms with Crippen LogP contribution >= 0.6 is 0 Å². The summed E-state index contributed by atoms with van der Waals surface area (Å²) in [5.41, 5.74) is 49.3. The summed E-state index contributed by atoms with van der Waals surface area (Å²) in [7, 11) is 0. The molecule has 2 heterocycles. The number of guanidine groups is 2. The summed E-state index contributed by atoms with van der Waals surface area (Å²) < 4.78 is 0. The van der Waals surface area contributed by atoms with E-state index in [1.54, 1.807) is 99.0 Å². The summed E-state index contributed by atoms with van der Waals surface area (Å²) in [6.45, 7) is 5.83. The fraction of sp³-hybridized carbons (Fsp3) is 0.519. The first-order valence-electron chi connectivity index (χ1n) is 40.0. The maximum absolute atomic E-state index is 15.1. The molecule has 0 saturated heterocycles. The molecule has 0 aliphatic heterocycles. The number of carbonyl (C=O) groups excluding carboxylic acids is 13. The van der Waals surface area contributed by atoms with E-state index in [2.05, 4.69) is 79.1 Å². The van der Waals surface area contributed by atoms with Gasteiger partial charge in [0.05, 0.1) is 19.1 Å². The van der Waals surface area contributed by atoms with Crippen molar-refractivity contribution in [3.05, 3.63) is 108 Å². The summed E-state index contributed by atoms with van der Waals surface area (Å²) in [5.74, 6) is -13.7. The summed E-state index contributed by atoms with van der Waals surface area (Å²) >= 11 is 0. The number of H-pyrrole nitrogens is 2. The van der Waals surface area contributed by atoms with Crippen LogP contribution in [0.2, 0.25) is 0 Å². The van der Waals surface area contributed by atoms with Crippen molar-refractivity contribution in [3.63, 3.8) is 0 Å². The summed E-state index contributed by atoms with van der Waals surface area (Å²) in [4.78, 5) is 200. The van der Waals surface area contributed by atoms with Crippen molar-refractivity contribution in [2.75, 3.05) is 39.3 Å². The number of nitrogens with one attached hydrogen (secondary N) is 17. The Kier molecular flexibility index (Phi) is 44.3. The number of unbranched alkanes of at least 4 members (excludes halogenated alkanes) is 3. The van der Waals surface area contributed by atoms with E-state index in [1.807, 2.05) is 6.07 Å². The molecule has 12 atom stereocenters. The zero-order valence-electron chi connectivity index (χ0n) is 68.4. The Morgan fingerprint density at radius 1 is 0.400 bits per heavy atom. The number of aliphatic hydroxyl groups excluding tert-OH is 1. The van der Waals surface area contributed by atoms with Gasteiger partial charge in [-0.2, -0.15) is 0 Å². The fourth-order valence-corrected chi connectivity index (χ4v) is 12.8. The number of primary amides is 2. The predicted molar refractivity (Wildman–Crippen MR) is 449 cm³/mol. The Bertz CT molecular complexity index is 4210. The van der Waals surface area contributed by atoms with Crippen LogP contribution in [0.3, 0.4) is 0 Å². The number of benzene rings is 3. The number of hydrogen-bond donors (Lipinski definition) is 27. The number of nitrogens with two attached hydrogens (primary N) is 8. The standard InChI is InChI=1S/C77H119N25O14.C2H4O2/c1-43(2)35-58(72(113)102-62(42-103)75(116)93-53(64(83)105)28-17-33-88-76(84)85)98-65(106)44(3)92-71(112)59(37-46-40-90-51-23-9-7-21-48(46)51)99-70(111)56(27-13-16-32-80)97-74(115)61(39-63(82)104)101-73(114)60(38-47-41-91-52-24-10-8-22-49(47)52)100-69(110)55(26-12-15-31-79)96-67(108)54(25-11-14-30-78)95-68(109)57(29-18-34-89-77(86)87)94-66(107)50(81)36-45-19-5-4-6-20-45;1-2(3)4/h4-10,19-24,40-41,43-44,50,53-62,90-91,103H,11-18,25-39,42,78-81H2,1-3H3,(H2,82,104)(H2,83,105)(H,92,112)(H,93,116)(H,94,107)(H,95,109)(H,96,108)(H,97,115)(H,98,106)(H,99,111)(H,100,110)(H,101,114)(H,102,113)(H4,84,85,88)(H4,86,87,89);1H3,(H,3,4). The maximum Gasteiger partial charge on any atom is 0.300 e. The van der Waals surface area contributed by atoms with Gasteiger partial charge in [-0.1, -0.05) is 80.6 Å². The van der Waals surface area contributed by atoms with Gasteiger partial charge >= 0.3 is 0 Å². The highest BCUT2D eigenvalue weighted by Crippen LogP contribution is 2.22. The molecule has 5 aromatic rings. The van der Waals surface area contributed by atoms with Gasteiger partial charge in [-0.05, 0) is 158 Å². The minimum atomic E-state index is -1.85. The molecule has 5 rings (SSSR count). The quantitative estimate of drug-likeness (QED) is 0.00996. The number of carboxylic acids is 1. The molecule has 0 radical (unpaired) electrons. The molecule has 660 valence electrons. The molecule has 41 nitrogen and oxygen atoms in total. The second-order valence-electron chi connectivity index (χ2n) is 29.5. The van der Waals surface area contributed by atoms with Crippen LogP contribution in [0.4, 0.5) is 0 Å². The van der Waals surface area contributed by atoms with Gasteiger partial charge in [0.25, 0.3) is 5.97 Å². The number of aromatic nitrogens is 2. The highest BCUT2D eigenvalue weighted by atomic mass is 16.4. The van der Waals surface area contributed by atoms with Crippen LogP contribution in [-0.2, 0) is 86.4 Å². The zero-order chi connectivity index (χ0) is 89.0.